The Morgan fingerprint density at radius 2 is 1.78 bits per heavy atom. The lowest BCUT2D eigenvalue weighted by Gasteiger charge is -2.30. The van der Waals surface area contributed by atoms with Crippen molar-refractivity contribution in [3.63, 3.8) is 0 Å². The molecule has 4 heteroatoms. The molecule has 1 amide bonds. The van der Waals surface area contributed by atoms with Crippen molar-refractivity contribution in [2.45, 2.75) is 46.6 Å². The van der Waals surface area contributed by atoms with Crippen molar-refractivity contribution in [3.8, 4) is 0 Å². The summed E-state index contributed by atoms with van der Waals surface area (Å²) in [5, 5.41) is 2.84. The summed E-state index contributed by atoms with van der Waals surface area (Å²) in [6, 6.07) is -0.0365. The van der Waals surface area contributed by atoms with E-state index >= 15 is 0 Å². The highest BCUT2D eigenvalue weighted by molar-refractivity contribution is 5.67. The van der Waals surface area contributed by atoms with E-state index in [9.17, 15) is 4.79 Å². The van der Waals surface area contributed by atoms with E-state index < -0.39 is 0 Å². The van der Waals surface area contributed by atoms with Crippen LogP contribution in [0.4, 0.5) is 4.79 Å². The maximum atomic E-state index is 11.3. The Labute approximate surface area is 111 Å². The summed E-state index contributed by atoms with van der Waals surface area (Å²) in [7, 11) is 1.38. The van der Waals surface area contributed by atoms with Crippen molar-refractivity contribution in [3.05, 3.63) is 12.3 Å². The molecule has 0 aromatic carbocycles. The van der Waals surface area contributed by atoms with Crippen molar-refractivity contribution < 1.29 is 9.53 Å². The number of nitrogens with one attached hydrogen (secondary N) is 1. The maximum absolute atomic E-state index is 11.3. The molecule has 1 N–H and O–H groups in total. The van der Waals surface area contributed by atoms with Crippen LogP contribution in [0.3, 0.4) is 0 Å². The minimum atomic E-state index is -0.390. The highest BCUT2D eigenvalue weighted by atomic mass is 16.5. The normalized spacial score (nSPS) is 15.8. The molecular weight excluding hydrogens is 228 g/mol. The Balaban J connectivity index is 0.00000137. The quantitative estimate of drug-likeness (QED) is 0.840. The van der Waals surface area contributed by atoms with Gasteiger partial charge < -0.3 is 15.0 Å². The zero-order valence-corrected chi connectivity index (χ0v) is 12.5. The fraction of sp³-hybridized carbons (Fsp3) is 0.786. The zero-order chi connectivity index (χ0) is 14.1. The highest BCUT2D eigenvalue weighted by Gasteiger charge is 2.25. The van der Waals surface area contributed by atoms with E-state index in [1.807, 2.05) is 13.8 Å². The molecule has 4 nitrogen and oxygen atoms in total. The first-order valence-electron chi connectivity index (χ1n) is 6.84. The Hall–Kier alpha value is -1.19. The first-order chi connectivity index (χ1) is 8.56. The molecule has 1 fully saturated rings. The van der Waals surface area contributed by atoms with Gasteiger partial charge >= 0.3 is 6.09 Å². The molecule has 0 aromatic heterocycles. The predicted octanol–water partition coefficient (Wildman–Crippen LogP) is 3.00. The van der Waals surface area contributed by atoms with E-state index in [2.05, 4.69) is 35.4 Å². The molecule has 0 bridgehead atoms. The number of hydrogen-bond donors (Lipinski definition) is 1. The first kappa shape index (κ1) is 16.8. The average Bonchev–Trinajstić information content (AvgIpc) is 2.90. The Kier molecular flexibility index (Phi) is 8.25. The topological polar surface area (TPSA) is 41.6 Å². The number of methoxy groups -OCH3 is 1. The molecule has 1 unspecified atom stereocenters. The van der Waals surface area contributed by atoms with Gasteiger partial charge in [0.25, 0.3) is 0 Å². The van der Waals surface area contributed by atoms with Gasteiger partial charge in [-0.2, -0.15) is 0 Å². The van der Waals surface area contributed by atoms with Crippen LogP contribution in [0.15, 0.2) is 12.3 Å². The summed E-state index contributed by atoms with van der Waals surface area (Å²) in [4.78, 5) is 13.5. The van der Waals surface area contributed by atoms with Crippen molar-refractivity contribution in [1.29, 1.82) is 0 Å². The monoisotopic (exact) mass is 256 g/mol. The van der Waals surface area contributed by atoms with Crippen molar-refractivity contribution in [2.75, 3.05) is 20.2 Å². The molecule has 18 heavy (non-hydrogen) atoms. The van der Waals surface area contributed by atoms with Crippen LogP contribution in [-0.2, 0) is 4.74 Å². The largest absolute Gasteiger partial charge is 0.453 e. The molecule has 0 radical (unpaired) electrons. The zero-order valence-electron chi connectivity index (χ0n) is 12.5. The van der Waals surface area contributed by atoms with Gasteiger partial charge in [0.15, 0.2) is 0 Å². The number of carbonyl (C=O) groups is 1. The summed E-state index contributed by atoms with van der Waals surface area (Å²) in [6.07, 6.45) is 2.03. The molecule has 0 spiro atoms. The molecule has 1 atom stereocenters. The first-order valence-corrected chi connectivity index (χ1v) is 6.84. The Morgan fingerprint density at radius 3 is 2.17 bits per heavy atom. The minimum absolute atomic E-state index is 0.0365. The van der Waals surface area contributed by atoms with Gasteiger partial charge in [0.2, 0.25) is 0 Å². The van der Waals surface area contributed by atoms with Crippen LogP contribution in [0.2, 0.25) is 0 Å². The summed E-state index contributed by atoms with van der Waals surface area (Å²) < 4.78 is 4.63. The molecule has 1 heterocycles. The Bertz CT molecular complexity index is 259. The molecule has 1 rings (SSSR count). The lowest BCUT2D eigenvalue weighted by atomic mass is 10.0. The van der Waals surface area contributed by atoms with E-state index in [4.69, 9.17) is 0 Å². The number of carbonyl (C=O) groups excluding carboxylic acids is 1. The molecule has 106 valence electrons. The van der Waals surface area contributed by atoms with E-state index in [-0.39, 0.29) is 12.1 Å². The van der Waals surface area contributed by atoms with Gasteiger partial charge in [-0.3, -0.25) is 0 Å². The standard InChI is InChI=1S/C12H22N2O2.C2H6/c1-9(2)11(13-12(15)16-4)10(3)14-7-5-6-8-14;1-2/h9,11H,3,5-8H2,1-2,4H3,(H,13,15);1-2H3. The molecule has 0 saturated carbocycles. The van der Waals surface area contributed by atoms with Crippen LogP contribution in [0.1, 0.15) is 40.5 Å². The van der Waals surface area contributed by atoms with Crippen LogP contribution >= 0.6 is 0 Å². The van der Waals surface area contributed by atoms with E-state index in [0.29, 0.717) is 5.92 Å². The molecular formula is C14H28N2O2. The third kappa shape index (κ3) is 4.98. The van der Waals surface area contributed by atoms with Gasteiger partial charge in [-0.15, -0.1) is 0 Å². The smallest absolute Gasteiger partial charge is 0.407 e. The van der Waals surface area contributed by atoms with E-state index in [0.717, 1.165) is 18.8 Å². The van der Waals surface area contributed by atoms with Crippen LogP contribution in [0, 0.1) is 5.92 Å². The minimum Gasteiger partial charge on any atom is -0.453 e. The SMILES string of the molecule is C=C(C(NC(=O)OC)C(C)C)N1CCCC1.CC. The molecule has 1 aliphatic rings. The van der Waals surface area contributed by atoms with Gasteiger partial charge in [-0.05, 0) is 18.8 Å². The fourth-order valence-electron chi connectivity index (χ4n) is 2.02. The van der Waals surface area contributed by atoms with Gasteiger partial charge in [-0.1, -0.05) is 34.3 Å². The average molecular weight is 256 g/mol. The second-order valence-electron chi connectivity index (χ2n) is 4.54. The Morgan fingerprint density at radius 1 is 1.28 bits per heavy atom. The second-order valence-corrected chi connectivity index (χ2v) is 4.54. The molecule has 1 aliphatic heterocycles. The maximum Gasteiger partial charge on any atom is 0.407 e. The van der Waals surface area contributed by atoms with Gasteiger partial charge in [0.05, 0.1) is 13.2 Å². The van der Waals surface area contributed by atoms with Gasteiger partial charge in [0, 0.05) is 18.8 Å². The van der Waals surface area contributed by atoms with Crippen molar-refractivity contribution in [1.82, 2.24) is 10.2 Å². The highest BCUT2D eigenvalue weighted by Crippen LogP contribution is 2.20. The number of rotatable bonds is 4. The lowest BCUT2D eigenvalue weighted by Crippen LogP contribution is -2.44. The van der Waals surface area contributed by atoms with Crippen LogP contribution in [0.25, 0.3) is 0 Å². The molecule has 0 aliphatic carbocycles. The van der Waals surface area contributed by atoms with Gasteiger partial charge in [0.1, 0.15) is 0 Å². The lowest BCUT2D eigenvalue weighted by molar-refractivity contribution is 0.162. The second kappa shape index (κ2) is 8.84. The number of likely N-dealkylation sites (tertiary alicyclic amines) is 1. The summed E-state index contributed by atoms with van der Waals surface area (Å²) in [5.74, 6) is 0.312. The van der Waals surface area contributed by atoms with Gasteiger partial charge in [-0.25, -0.2) is 4.79 Å². The summed E-state index contributed by atoms with van der Waals surface area (Å²) in [6.45, 7) is 14.3. The van der Waals surface area contributed by atoms with Crippen LogP contribution in [0.5, 0.6) is 0 Å². The number of nitrogens with zero attached hydrogens (tertiary/aromatic N) is 1. The van der Waals surface area contributed by atoms with Crippen LogP contribution < -0.4 is 5.32 Å². The predicted molar refractivity (Wildman–Crippen MR) is 75.5 cm³/mol. The fourth-order valence-corrected chi connectivity index (χ4v) is 2.02. The number of alkyl carbamates (subject to hydrolysis) is 1. The molecule has 1 saturated heterocycles. The third-order valence-electron chi connectivity index (χ3n) is 3.00. The number of amides is 1. The number of ether oxygens (including phenoxy) is 1. The van der Waals surface area contributed by atoms with Crippen molar-refractivity contribution in [2.24, 2.45) is 5.92 Å². The summed E-state index contributed by atoms with van der Waals surface area (Å²) >= 11 is 0. The van der Waals surface area contributed by atoms with Crippen molar-refractivity contribution >= 4 is 6.09 Å². The van der Waals surface area contributed by atoms with E-state index in [1.165, 1.54) is 20.0 Å². The van der Waals surface area contributed by atoms with Crippen LogP contribution in [-0.4, -0.2) is 37.2 Å². The summed E-state index contributed by atoms with van der Waals surface area (Å²) in [5.41, 5.74) is 0.998. The molecule has 0 aromatic rings. The number of hydrogen-bond acceptors (Lipinski definition) is 3. The third-order valence-corrected chi connectivity index (χ3v) is 3.00. The van der Waals surface area contributed by atoms with E-state index in [1.54, 1.807) is 0 Å².